The minimum Gasteiger partial charge on any atom is -0.312 e. The number of nitrogens with one attached hydrogen (secondary N) is 1. The Morgan fingerprint density at radius 2 is 1.96 bits per heavy atom. The van der Waals surface area contributed by atoms with Gasteiger partial charge < -0.3 is 5.32 Å². The van der Waals surface area contributed by atoms with E-state index in [1.807, 2.05) is 25.1 Å². The fraction of sp³-hybridized carbons (Fsp3) is 0.263. The Bertz CT molecular complexity index is 815. The molecule has 0 saturated carbocycles. The zero-order chi connectivity index (χ0) is 17.6. The molecular weight excluding hydrogens is 339 g/mol. The molecule has 0 atom stereocenters. The Hall–Kier alpha value is -2.24. The van der Waals surface area contributed by atoms with E-state index in [-0.39, 0.29) is 5.82 Å². The summed E-state index contributed by atoms with van der Waals surface area (Å²) in [6.07, 6.45) is 2.66. The van der Waals surface area contributed by atoms with Crippen LogP contribution in [0.3, 0.4) is 0 Å². The first-order chi connectivity index (χ1) is 12.1. The summed E-state index contributed by atoms with van der Waals surface area (Å²) in [4.78, 5) is 4.31. The zero-order valence-electron chi connectivity index (χ0n) is 14.0. The van der Waals surface area contributed by atoms with E-state index in [1.54, 1.807) is 23.0 Å². The third-order valence-corrected chi connectivity index (χ3v) is 4.44. The maximum absolute atomic E-state index is 13.0. The Morgan fingerprint density at radius 1 is 1.16 bits per heavy atom. The molecule has 1 aromatic carbocycles. The molecule has 0 amide bonds. The van der Waals surface area contributed by atoms with Crippen LogP contribution in [0.25, 0.3) is 0 Å². The van der Waals surface area contributed by atoms with Crippen LogP contribution in [0.2, 0.25) is 5.15 Å². The summed E-state index contributed by atoms with van der Waals surface area (Å²) in [5.41, 5.74) is 3.91. The number of rotatable bonds is 7. The highest BCUT2D eigenvalue weighted by Gasteiger charge is 2.13. The van der Waals surface area contributed by atoms with Crippen molar-refractivity contribution in [2.24, 2.45) is 0 Å². The van der Waals surface area contributed by atoms with Crippen LogP contribution in [-0.4, -0.2) is 21.3 Å². The maximum Gasteiger partial charge on any atom is 0.132 e. The summed E-state index contributed by atoms with van der Waals surface area (Å²) in [5.74, 6) is -0.246. The van der Waals surface area contributed by atoms with E-state index in [2.05, 4.69) is 15.4 Å². The molecular formula is C19H20ClFN4. The van der Waals surface area contributed by atoms with E-state index < -0.39 is 0 Å². The van der Waals surface area contributed by atoms with E-state index in [9.17, 15) is 4.39 Å². The molecule has 0 aliphatic rings. The van der Waals surface area contributed by atoms with Crippen molar-refractivity contribution < 1.29 is 4.39 Å². The lowest BCUT2D eigenvalue weighted by atomic mass is 10.2. The van der Waals surface area contributed by atoms with Gasteiger partial charge in [0.2, 0.25) is 0 Å². The molecule has 6 heteroatoms. The van der Waals surface area contributed by atoms with Crippen LogP contribution in [0.15, 0.2) is 48.7 Å². The summed E-state index contributed by atoms with van der Waals surface area (Å²) in [6.45, 7) is 3.94. The molecule has 0 aliphatic carbocycles. The molecule has 2 aromatic heterocycles. The lowest BCUT2D eigenvalue weighted by Gasteiger charge is -2.06. The second kappa shape index (κ2) is 8.23. The lowest BCUT2D eigenvalue weighted by molar-refractivity contribution is 0.624. The van der Waals surface area contributed by atoms with Gasteiger partial charge in [-0.3, -0.25) is 4.98 Å². The van der Waals surface area contributed by atoms with E-state index >= 15 is 0 Å². The first-order valence-corrected chi connectivity index (χ1v) is 8.58. The van der Waals surface area contributed by atoms with Crippen molar-refractivity contribution in [1.82, 2.24) is 20.1 Å². The second-order valence-corrected chi connectivity index (χ2v) is 6.24. The largest absolute Gasteiger partial charge is 0.312 e. The summed E-state index contributed by atoms with van der Waals surface area (Å²) < 4.78 is 14.8. The summed E-state index contributed by atoms with van der Waals surface area (Å²) in [7, 11) is 0. The third kappa shape index (κ3) is 4.65. The second-order valence-electron chi connectivity index (χ2n) is 5.89. The fourth-order valence-corrected chi connectivity index (χ4v) is 2.94. The predicted molar refractivity (Wildman–Crippen MR) is 97.1 cm³/mol. The van der Waals surface area contributed by atoms with Gasteiger partial charge in [0, 0.05) is 37.0 Å². The minimum absolute atomic E-state index is 0.246. The van der Waals surface area contributed by atoms with Crippen LogP contribution in [0.5, 0.6) is 0 Å². The Morgan fingerprint density at radius 3 is 2.68 bits per heavy atom. The van der Waals surface area contributed by atoms with Gasteiger partial charge in [-0.15, -0.1) is 0 Å². The van der Waals surface area contributed by atoms with Crippen molar-refractivity contribution >= 4 is 11.6 Å². The maximum atomic E-state index is 13.0. The first kappa shape index (κ1) is 17.6. The SMILES string of the molecule is Cc1nn(Cc2ccc(F)cc2)c(Cl)c1CNCCc1ccccn1. The minimum atomic E-state index is -0.246. The van der Waals surface area contributed by atoms with Gasteiger partial charge in [-0.1, -0.05) is 29.8 Å². The number of hydrogen-bond acceptors (Lipinski definition) is 3. The van der Waals surface area contributed by atoms with Gasteiger partial charge in [0.05, 0.1) is 12.2 Å². The lowest BCUT2D eigenvalue weighted by Crippen LogP contribution is -2.17. The normalized spacial score (nSPS) is 11.0. The average molecular weight is 359 g/mol. The van der Waals surface area contributed by atoms with Crippen molar-refractivity contribution in [1.29, 1.82) is 0 Å². The van der Waals surface area contributed by atoms with Gasteiger partial charge in [-0.25, -0.2) is 9.07 Å². The number of benzene rings is 1. The molecule has 25 heavy (non-hydrogen) atoms. The van der Waals surface area contributed by atoms with E-state index in [1.165, 1.54) is 12.1 Å². The molecule has 3 aromatic rings. The number of nitrogens with zero attached hydrogens (tertiary/aromatic N) is 3. The highest BCUT2D eigenvalue weighted by Crippen LogP contribution is 2.21. The van der Waals surface area contributed by atoms with Crippen LogP contribution in [-0.2, 0) is 19.5 Å². The summed E-state index contributed by atoms with van der Waals surface area (Å²) in [6, 6.07) is 12.3. The van der Waals surface area contributed by atoms with Gasteiger partial charge in [-0.2, -0.15) is 5.10 Å². The van der Waals surface area contributed by atoms with Crippen molar-refractivity contribution in [3.63, 3.8) is 0 Å². The van der Waals surface area contributed by atoms with Gasteiger partial charge in [0.1, 0.15) is 11.0 Å². The monoisotopic (exact) mass is 358 g/mol. The third-order valence-electron chi connectivity index (χ3n) is 4.01. The van der Waals surface area contributed by atoms with E-state index in [0.29, 0.717) is 18.2 Å². The summed E-state index contributed by atoms with van der Waals surface area (Å²) >= 11 is 6.48. The van der Waals surface area contributed by atoms with Crippen molar-refractivity contribution in [2.75, 3.05) is 6.54 Å². The molecule has 4 nitrogen and oxygen atoms in total. The zero-order valence-corrected chi connectivity index (χ0v) is 14.8. The van der Waals surface area contributed by atoms with Gasteiger partial charge >= 0.3 is 0 Å². The van der Waals surface area contributed by atoms with Crippen molar-refractivity contribution in [3.8, 4) is 0 Å². The van der Waals surface area contributed by atoms with Crippen LogP contribution in [0.1, 0.15) is 22.5 Å². The first-order valence-electron chi connectivity index (χ1n) is 8.20. The number of aryl methyl sites for hydroxylation is 1. The smallest absolute Gasteiger partial charge is 0.132 e. The van der Waals surface area contributed by atoms with Crippen LogP contribution >= 0.6 is 11.6 Å². The molecule has 0 saturated heterocycles. The standard InChI is InChI=1S/C19H20ClFN4/c1-14-18(12-22-11-9-17-4-2-3-10-23-17)19(20)25(24-14)13-15-5-7-16(21)8-6-15/h2-8,10,22H,9,11-13H2,1H3. The average Bonchev–Trinajstić information content (AvgIpc) is 2.88. The highest BCUT2D eigenvalue weighted by molar-refractivity contribution is 6.30. The Labute approximate surface area is 151 Å². The van der Waals surface area contributed by atoms with Crippen LogP contribution in [0.4, 0.5) is 4.39 Å². The van der Waals surface area contributed by atoms with Crippen LogP contribution in [0, 0.1) is 12.7 Å². The van der Waals surface area contributed by atoms with E-state index in [4.69, 9.17) is 11.6 Å². The van der Waals surface area contributed by atoms with Crippen molar-refractivity contribution in [3.05, 3.63) is 82.1 Å². The topological polar surface area (TPSA) is 42.7 Å². The van der Waals surface area contributed by atoms with Gasteiger partial charge in [0.25, 0.3) is 0 Å². The number of aromatic nitrogens is 3. The molecule has 0 radical (unpaired) electrons. The van der Waals surface area contributed by atoms with Gasteiger partial charge in [0.15, 0.2) is 0 Å². The quantitative estimate of drug-likeness (QED) is 0.654. The Kier molecular flexibility index (Phi) is 5.79. The van der Waals surface area contributed by atoms with Gasteiger partial charge in [-0.05, 0) is 36.8 Å². The highest BCUT2D eigenvalue weighted by atomic mass is 35.5. The fourth-order valence-electron chi connectivity index (χ4n) is 2.63. The predicted octanol–water partition coefficient (Wildman–Crippen LogP) is 3.76. The molecule has 0 aliphatic heterocycles. The Balaban J connectivity index is 1.58. The number of hydrogen-bond donors (Lipinski definition) is 1. The molecule has 2 heterocycles. The molecule has 0 unspecified atom stereocenters. The number of pyridine rings is 1. The van der Waals surface area contributed by atoms with Crippen molar-refractivity contribution in [2.45, 2.75) is 26.4 Å². The van der Waals surface area contributed by atoms with Crippen LogP contribution < -0.4 is 5.32 Å². The number of halogens is 2. The molecule has 1 N–H and O–H groups in total. The molecule has 0 bridgehead atoms. The molecule has 130 valence electrons. The molecule has 0 spiro atoms. The van der Waals surface area contributed by atoms with E-state index in [0.717, 1.165) is 35.5 Å². The molecule has 0 fully saturated rings. The summed E-state index contributed by atoms with van der Waals surface area (Å²) in [5, 5.41) is 8.51. The molecule has 3 rings (SSSR count).